The number of rotatable bonds is 5. The van der Waals surface area contributed by atoms with Crippen LogP contribution >= 0.6 is 0 Å². The number of aliphatic hydroxyl groups is 4. The van der Waals surface area contributed by atoms with E-state index in [0.717, 1.165) is 5.56 Å². The Bertz CT molecular complexity index is 433. The van der Waals surface area contributed by atoms with Gasteiger partial charge >= 0.3 is 0 Å². The van der Waals surface area contributed by atoms with Gasteiger partial charge in [0.05, 0.1) is 13.2 Å². The molecule has 2 rings (SSSR count). The van der Waals surface area contributed by atoms with E-state index >= 15 is 0 Å². The molecule has 1 aromatic carbocycles. The number of ether oxygens (including phenoxy) is 2. The van der Waals surface area contributed by atoms with Crippen molar-refractivity contribution >= 4 is 0 Å². The maximum atomic E-state index is 9.78. The molecule has 0 radical (unpaired) electrons. The average molecular weight is 300 g/mol. The molecule has 1 saturated heterocycles. The van der Waals surface area contributed by atoms with Crippen LogP contribution in [0.2, 0.25) is 0 Å². The lowest BCUT2D eigenvalue weighted by molar-refractivity contribution is -0.300. The fourth-order valence-corrected chi connectivity index (χ4v) is 2.16. The second kappa shape index (κ2) is 7.17. The van der Waals surface area contributed by atoms with Crippen LogP contribution in [0.3, 0.4) is 0 Å². The molecule has 0 saturated carbocycles. The van der Waals surface area contributed by atoms with Crippen LogP contribution in [-0.2, 0) is 15.9 Å². The van der Waals surface area contributed by atoms with E-state index in [1.807, 2.05) is 0 Å². The minimum absolute atomic E-state index is 0.175. The summed E-state index contributed by atoms with van der Waals surface area (Å²) < 4.78 is 10.6. The van der Waals surface area contributed by atoms with Gasteiger partial charge in [-0.25, -0.2) is 0 Å². The van der Waals surface area contributed by atoms with Crippen molar-refractivity contribution in [2.24, 2.45) is 0 Å². The van der Waals surface area contributed by atoms with Crippen LogP contribution in [0.25, 0.3) is 0 Å². The minimum Gasteiger partial charge on any atom is -0.508 e. The average Bonchev–Trinajstić information content (AvgIpc) is 2.49. The lowest BCUT2D eigenvalue weighted by Crippen LogP contribution is -2.59. The molecular weight excluding hydrogens is 280 g/mol. The first-order valence-corrected chi connectivity index (χ1v) is 6.73. The Morgan fingerprint density at radius 1 is 1.00 bits per heavy atom. The molecular formula is C14H20O7. The van der Waals surface area contributed by atoms with Crippen LogP contribution in [0.15, 0.2) is 24.3 Å². The predicted molar refractivity (Wildman–Crippen MR) is 71.5 cm³/mol. The van der Waals surface area contributed by atoms with E-state index in [1.54, 1.807) is 24.3 Å². The summed E-state index contributed by atoms with van der Waals surface area (Å²) in [7, 11) is 0. The number of hydrogen-bond donors (Lipinski definition) is 5. The van der Waals surface area contributed by atoms with Crippen LogP contribution in [0, 0.1) is 0 Å². The van der Waals surface area contributed by atoms with Crippen LogP contribution in [0.1, 0.15) is 5.56 Å². The molecule has 0 aromatic heterocycles. The van der Waals surface area contributed by atoms with Gasteiger partial charge < -0.3 is 35.0 Å². The van der Waals surface area contributed by atoms with E-state index in [9.17, 15) is 20.4 Å². The summed E-state index contributed by atoms with van der Waals surface area (Å²) in [4.78, 5) is 0. The van der Waals surface area contributed by atoms with Crippen LogP contribution < -0.4 is 0 Å². The summed E-state index contributed by atoms with van der Waals surface area (Å²) in [6, 6.07) is 6.60. The number of aromatic hydroxyl groups is 1. The first kappa shape index (κ1) is 16.2. The van der Waals surface area contributed by atoms with Crippen molar-refractivity contribution in [1.82, 2.24) is 0 Å². The van der Waals surface area contributed by atoms with Gasteiger partial charge in [-0.15, -0.1) is 0 Å². The summed E-state index contributed by atoms with van der Waals surface area (Å²) in [5, 5.41) is 47.3. The van der Waals surface area contributed by atoms with E-state index < -0.39 is 37.3 Å². The zero-order valence-electron chi connectivity index (χ0n) is 11.4. The monoisotopic (exact) mass is 300 g/mol. The number of phenolic OH excluding ortho intramolecular Hbond substituents is 1. The molecule has 5 N–H and O–H groups in total. The first-order chi connectivity index (χ1) is 10.0. The highest BCUT2D eigenvalue weighted by atomic mass is 16.7. The Morgan fingerprint density at radius 3 is 2.29 bits per heavy atom. The fourth-order valence-electron chi connectivity index (χ4n) is 2.16. The Labute approximate surface area is 122 Å². The highest BCUT2D eigenvalue weighted by molar-refractivity contribution is 5.25. The van der Waals surface area contributed by atoms with Crippen LogP contribution in [-0.4, -0.2) is 69.5 Å². The van der Waals surface area contributed by atoms with Crippen molar-refractivity contribution in [3.05, 3.63) is 29.8 Å². The maximum absolute atomic E-state index is 9.78. The third-order valence-corrected chi connectivity index (χ3v) is 3.46. The summed E-state index contributed by atoms with van der Waals surface area (Å²) >= 11 is 0. The molecule has 7 nitrogen and oxygen atoms in total. The van der Waals surface area contributed by atoms with E-state index in [-0.39, 0.29) is 12.4 Å². The Balaban J connectivity index is 1.85. The molecule has 1 fully saturated rings. The number of aliphatic hydroxyl groups excluding tert-OH is 4. The molecule has 0 amide bonds. The second-order valence-electron chi connectivity index (χ2n) is 4.98. The molecule has 3 unspecified atom stereocenters. The smallest absolute Gasteiger partial charge is 0.186 e. The van der Waals surface area contributed by atoms with Crippen molar-refractivity contribution < 1.29 is 35.0 Å². The van der Waals surface area contributed by atoms with Gasteiger partial charge in [-0.1, -0.05) is 12.1 Å². The predicted octanol–water partition coefficient (Wildman–Crippen LogP) is -1.25. The lowest BCUT2D eigenvalue weighted by Gasteiger charge is -2.39. The number of hydrogen-bond acceptors (Lipinski definition) is 7. The van der Waals surface area contributed by atoms with E-state index in [4.69, 9.17) is 14.6 Å². The molecule has 0 aliphatic carbocycles. The summed E-state index contributed by atoms with van der Waals surface area (Å²) in [6.45, 7) is -0.268. The highest BCUT2D eigenvalue weighted by Crippen LogP contribution is 2.22. The topological polar surface area (TPSA) is 120 Å². The standard InChI is InChI=1S/C14H20O7/c15-7-10-11(17)12(18)13(19)14(21-10)20-6-5-8-1-3-9(16)4-2-8/h1-4,10-19H,5-7H2/t10?,11?,12-,13-,14?/m0/s1. The van der Waals surface area contributed by atoms with Gasteiger partial charge in [-0.3, -0.25) is 0 Å². The van der Waals surface area contributed by atoms with Crippen molar-refractivity contribution in [1.29, 1.82) is 0 Å². The highest BCUT2D eigenvalue weighted by Gasteiger charge is 2.43. The van der Waals surface area contributed by atoms with Crippen LogP contribution in [0.5, 0.6) is 5.75 Å². The molecule has 21 heavy (non-hydrogen) atoms. The van der Waals surface area contributed by atoms with Crippen molar-refractivity contribution in [2.75, 3.05) is 13.2 Å². The normalized spacial score (nSPS) is 33.0. The minimum atomic E-state index is -1.44. The van der Waals surface area contributed by atoms with Gasteiger partial charge in [-0.05, 0) is 24.1 Å². The van der Waals surface area contributed by atoms with Gasteiger partial charge in [0.25, 0.3) is 0 Å². The Hall–Kier alpha value is -1.22. The van der Waals surface area contributed by atoms with Gasteiger partial charge in [0, 0.05) is 0 Å². The maximum Gasteiger partial charge on any atom is 0.186 e. The lowest BCUT2D eigenvalue weighted by atomic mass is 9.99. The quantitative estimate of drug-likeness (QED) is 0.461. The fraction of sp³-hybridized carbons (Fsp3) is 0.571. The summed E-state index contributed by atoms with van der Waals surface area (Å²) in [5.74, 6) is 0.175. The van der Waals surface area contributed by atoms with E-state index in [1.165, 1.54) is 0 Å². The summed E-state index contributed by atoms with van der Waals surface area (Å²) in [6.07, 6.45) is -5.77. The largest absolute Gasteiger partial charge is 0.508 e. The molecule has 1 aliphatic heterocycles. The molecule has 0 bridgehead atoms. The van der Waals surface area contributed by atoms with Gasteiger partial charge in [0.1, 0.15) is 30.2 Å². The molecule has 7 heteroatoms. The zero-order valence-corrected chi connectivity index (χ0v) is 11.4. The Morgan fingerprint density at radius 2 is 1.67 bits per heavy atom. The third-order valence-electron chi connectivity index (χ3n) is 3.46. The van der Waals surface area contributed by atoms with Crippen molar-refractivity contribution in [2.45, 2.75) is 37.1 Å². The summed E-state index contributed by atoms with van der Waals surface area (Å²) in [5.41, 5.74) is 0.928. The molecule has 1 aliphatic rings. The molecule has 1 aromatic rings. The van der Waals surface area contributed by atoms with Gasteiger partial charge in [-0.2, -0.15) is 0 Å². The zero-order chi connectivity index (χ0) is 15.4. The van der Waals surface area contributed by atoms with Gasteiger partial charge in [0.2, 0.25) is 0 Å². The molecule has 0 spiro atoms. The molecule has 118 valence electrons. The van der Waals surface area contributed by atoms with E-state index in [0.29, 0.717) is 6.42 Å². The van der Waals surface area contributed by atoms with Crippen molar-refractivity contribution in [3.63, 3.8) is 0 Å². The SMILES string of the molecule is OCC1OC(OCCc2ccc(O)cc2)[C@@H](O)[C@@H](O)C1O. The molecule has 5 atom stereocenters. The number of phenols is 1. The molecule has 1 heterocycles. The second-order valence-corrected chi connectivity index (χ2v) is 4.98. The third kappa shape index (κ3) is 3.91. The van der Waals surface area contributed by atoms with Crippen molar-refractivity contribution in [3.8, 4) is 5.75 Å². The Kier molecular flexibility index (Phi) is 5.51. The van der Waals surface area contributed by atoms with Crippen LogP contribution in [0.4, 0.5) is 0 Å². The first-order valence-electron chi connectivity index (χ1n) is 6.73. The number of benzene rings is 1. The van der Waals surface area contributed by atoms with Gasteiger partial charge in [0.15, 0.2) is 6.29 Å². The van der Waals surface area contributed by atoms with E-state index in [2.05, 4.69) is 0 Å².